The van der Waals surface area contributed by atoms with E-state index < -0.39 is 17.3 Å². The standard InChI is InChI=1S/C14H16F3NO/c1-18-13(8-3-2-7-12(13)19)10-5-4-6-11(9-10)14(15,16)17/h4-6,9,18H,2-3,7-8H2,1H3/t13-/m1/s1. The summed E-state index contributed by atoms with van der Waals surface area (Å²) in [7, 11) is 1.63. The third-order valence-corrected chi connectivity index (χ3v) is 3.79. The summed E-state index contributed by atoms with van der Waals surface area (Å²) in [4.78, 5) is 12.2. The molecule has 0 heterocycles. The Labute approximate surface area is 110 Å². The van der Waals surface area contributed by atoms with Gasteiger partial charge in [-0.05, 0) is 37.6 Å². The number of carbonyl (C=O) groups excluding carboxylic acids is 1. The highest BCUT2D eigenvalue weighted by Crippen LogP contribution is 2.37. The van der Waals surface area contributed by atoms with Crippen molar-refractivity contribution in [2.75, 3.05) is 7.05 Å². The molecule has 0 aromatic heterocycles. The lowest BCUT2D eigenvalue weighted by Gasteiger charge is -2.36. The van der Waals surface area contributed by atoms with E-state index in [1.54, 1.807) is 13.1 Å². The molecular weight excluding hydrogens is 255 g/mol. The molecule has 1 aromatic rings. The maximum atomic E-state index is 12.8. The van der Waals surface area contributed by atoms with Crippen molar-refractivity contribution < 1.29 is 18.0 Å². The molecule has 5 heteroatoms. The summed E-state index contributed by atoms with van der Waals surface area (Å²) < 4.78 is 38.3. The van der Waals surface area contributed by atoms with Gasteiger partial charge in [-0.2, -0.15) is 13.2 Å². The molecule has 104 valence electrons. The molecule has 0 radical (unpaired) electrons. The first kappa shape index (κ1) is 14.1. The number of likely N-dealkylation sites (N-methyl/N-ethyl adjacent to an activating group) is 1. The maximum Gasteiger partial charge on any atom is 0.416 e. The Bertz CT molecular complexity index is 484. The summed E-state index contributed by atoms with van der Waals surface area (Å²) in [6, 6.07) is 5.06. The van der Waals surface area contributed by atoms with E-state index in [2.05, 4.69) is 5.32 Å². The molecule has 1 N–H and O–H groups in total. The van der Waals surface area contributed by atoms with Gasteiger partial charge in [0.05, 0.1) is 5.56 Å². The molecule has 1 saturated carbocycles. The van der Waals surface area contributed by atoms with Crippen LogP contribution in [-0.4, -0.2) is 12.8 Å². The monoisotopic (exact) mass is 271 g/mol. The number of Topliss-reactive ketones (excluding diaryl/α,β-unsaturated/α-hetero) is 1. The maximum absolute atomic E-state index is 12.8. The number of benzene rings is 1. The van der Waals surface area contributed by atoms with Gasteiger partial charge in [-0.25, -0.2) is 0 Å². The highest BCUT2D eigenvalue weighted by molar-refractivity contribution is 5.90. The Hall–Kier alpha value is -1.36. The minimum absolute atomic E-state index is 0.0272. The zero-order valence-electron chi connectivity index (χ0n) is 10.7. The molecule has 1 fully saturated rings. The number of nitrogens with one attached hydrogen (secondary N) is 1. The lowest BCUT2D eigenvalue weighted by Crippen LogP contribution is -2.49. The molecule has 1 aromatic carbocycles. The van der Waals surface area contributed by atoms with E-state index in [9.17, 15) is 18.0 Å². The third kappa shape index (κ3) is 2.52. The number of halogens is 3. The van der Waals surface area contributed by atoms with Crippen LogP contribution in [0.4, 0.5) is 13.2 Å². The van der Waals surface area contributed by atoms with Crippen LogP contribution in [0.5, 0.6) is 0 Å². The molecule has 0 aliphatic heterocycles. The number of carbonyl (C=O) groups is 1. The third-order valence-electron chi connectivity index (χ3n) is 3.79. The predicted octanol–water partition coefficient (Wildman–Crippen LogP) is 3.26. The van der Waals surface area contributed by atoms with E-state index in [4.69, 9.17) is 0 Å². The predicted molar refractivity (Wildman–Crippen MR) is 65.7 cm³/mol. The molecule has 0 saturated heterocycles. The van der Waals surface area contributed by atoms with E-state index in [1.165, 1.54) is 6.07 Å². The molecule has 1 aliphatic carbocycles. The Morgan fingerprint density at radius 1 is 1.26 bits per heavy atom. The van der Waals surface area contributed by atoms with E-state index in [0.717, 1.165) is 25.0 Å². The summed E-state index contributed by atoms with van der Waals surface area (Å²) in [5.41, 5.74) is -1.26. The fourth-order valence-electron chi connectivity index (χ4n) is 2.70. The van der Waals surface area contributed by atoms with Crippen molar-refractivity contribution in [2.45, 2.75) is 37.4 Å². The van der Waals surface area contributed by atoms with Crippen LogP contribution in [0, 0.1) is 0 Å². The molecule has 2 rings (SSSR count). The van der Waals surface area contributed by atoms with E-state index in [-0.39, 0.29) is 5.78 Å². The number of hydrogen-bond acceptors (Lipinski definition) is 2. The Morgan fingerprint density at radius 3 is 2.58 bits per heavy atom. The van der Waals surface area contributed by atoms with Gasteiger partial charge in [0.15, 0.2) is 5.78 Å². The Balaban J connectivity index is 2.47. The molecule has 0 spiro atoms. The van der Waals surface area contributed by atoms with Gasteiger partial charge in [0.2, 0.25) is 0 Å². The minimum atomic E-state index is -4.39. The molecule has 0 amide bonds. The quantitative estimate of drug-likeness (QED) is 0.894. The normalized spacial score (nSPS) is 24.5. The average Bonchev–Trinajstić information content (AvgIpc) is 2.39. The second-order valence-electron chi connectivity index (χ2n) is 4.86. The second kappa shape index (κ2) is 4.96. The van der Waals surface area contributed by atoms with Gasteiger partial charge in [0, 0.05) is 6.42 Å². The smallest absolute Gasteiger partial charge is 0.304 e. The van der Waals surface area contributed by atoms with Crippen molar-refractivity contribution in [3.8, 4) is 0 Å². The van der Waals surface area contributed by atoms with Gasteiger partial charge in [0.25, 0.3) is 0 Å². The summed E-state index contributed by atoms with van der Waals surface area (Å²) >= 11 is 0. The summed E-state index contributed by atoms with van der Waals surface area (Å²) in [5, 5.41) is 2.95. The number of rotatable bonds is 2. The van der Waals surface area contributed by atoms with Gasteiger partial charge in [-0.3, -0.25) is 4.79 Å². The van der Waals surface area contributed by atoms with Crippen LogP contribution in [-0.2, 0) is 16.5 Å². The van der Waals surface area contributed by atoms with Crippen LogP contribution in [0.15, 0.2) is 24.3 Å². The minimum Gasteiger partial charge on any atom is -0.304 e. The first-order valence-corrected chi connectivity index (χ1v) is 6.30. The van der Waals surface area contributed by atoms with Crippen LogP contribution < -0.4 is 5.32 Å². The molecule has 0 unspecified atom stereocenters. The SMILES string of the molecule is CN[C@@]1(c2cccc(C(F)(F)F)c2)CCCCC1=O. The zero-order chi connectivity index (χ0) is 14.1. The Morgan fingerprint density at radius 2 is 2.00 bits per heavy atom. The number of ketones is 1. The van der Waals surface area contributed by atoms with Gasteiger partial charge < -0.3 is 5.32 Å². The first-order chi connectivity index (χ1) is 8.90. The fourth-order valence-corrected chi connectivity index (χ4v) is 2.70. The lowest BCUT2D eigenvalue weighted by atomic mass is 9.75. The number of hydrogen-bond donors (Lipinski definition) is 1. The van der Waals surface area contributed by atoms with Crippen molar-refractivity contribution in [2.24, 2.45) is 0 Å². The average molecular weight is 271 g/mol. The number of alkyl halides is 3. The van der Waals surface area contributed by atoms with Crippen LogP contribution in [0.2, 0.25) is 0 Å². The lowest BCUT2D eigenvalue weighted by molar-refractivity contribution is -0.138. The van der Waals surface area contributed by atoms with E-state index in [0.29, 0.717) is 18.4 Å². The highest BCUT2D eigenvalue weighted by atomic mass is 19.4. The molecule has 1 atom stereocenters. The van der Waals surface area contributed by atoms with Gasteiger partial charge in [-0.1, -0.05) is 18.6 Å². The Kier molecular flexibility index (Phi) is 3.67. The second-order valence-corrected chi connectivity index (χ2v) is 4.86. The van der Waals surface area contributed by atoms with Crippen molar-refractivity contribution in [3.05, 3.63) is 35.4 Å². The van der Waals surface area contributed by atoms with Crippen LogP contribution in [0.1, 0.15) is 36.8 Å². The van der Waals surface area contributed by atoms with Crippen molar-refractivity contribution >= 4 is 5.78 Å². The van der Waals surface area contributed by atoms with E-state index >= 15 is 0 Å². The van der Waals surface area contributed by atoms with E-state index in [1.807, 2.05) is 0 Å². The van der Waals surface area contributed by atoms with Gasteiger partial charge in [0.1, 0.15) is 5.54 Å². The molecule has 2 nitrogen and oxygen atoms in total. The topological polar surface area (TPSA) is 29.1 Å². The molecular formula is C14H16F3NO. The zero-order valence-corrected chi connectivity index (χ0v) is 10.7. The van der Waals surface area contributed by atoms with Crippen molar-refractivity contribution in [3.63, 3.8) is 0 Å². The summed E-state index contributed by atoms with van der Waals surface area (Å²) in [6.07, 6.45) is -1.78. The first-order valence-electron chi connectivity index (χ1n) is 6.30. The van der Waals surface area contributed by atoms with Crippen molar-refractivity contribution in [1.82, 2.24) is 5.32 Å². The molecule has 0 bridgehead atoms. The summed E-state index contributed by atoms with van der Waals surface area (Å²) in [5.74, 6) is -0.0272. The fraction of sp³-hybridized carbons (Fsp3) is 0.500. The van der Waals surface area contributed by atoms with Gasteiger partial charge in [-0.15, -0.1) is 0 Å². The van der Waals surface area contributed by atoms with Crippen molar-refractivity contribution in [1.29, 1.82) is 0 Å². The highest BCUT2D eigenvalue weighted by Gasteiger charge is 2.41. The summed E-state index contributed by atoms with van der Waals surface area (Å²) in [6.45, 7) is 0. The van der Waals surface area contributed by atoms with Crippen LogP contribution in [0.3, 0.4) is 0 Å². The van der Waals surface area contributed by atoms with Crippen LogP contribution in [0.25, 0.3) is 0 Å². The van der Waals surface area contributed by atoms with Gasteiger partial charge >= 0.3 is 6.18 Å². The van der Waals surface area contributed by atoms with Crippen LogP contribution >= 0.6 is 0 Å². The molecule has 19 heavy (non-hydrogen) atoms. The largest absolute Gasteiger partial charge is 0.416 e. The molecule has 1 aliphatic rings.